The molecule has 1 amide bonds. The second kappa shape index (κ2) is 6.63. The van der Waals surface area contributed by atoms with Crippen LogP contribution >= 0.6 is 0 Å². The minimum Gasteiger partial charge on any atom is -0.341 e. The molecule has 0 bridgehead atoms. The third-order valence-electron chi connectivity index (χ3n) is 4.56. The summed E-state index contributed by atoms with van der Waals surface area (Å²) in [5.41, 5.74) is 1.38. The number of H-pyrrole nitrogens is 1. The largest absolute Gasteiger partial charge is 0.341 e. The average Bonchev–Trinajstić information content (AvgIpc) is 3.03. The van der Waals surface area contributed by atoms with Gasteiger partial charge in [0.25, 0.3) is 11.5 Å². The van der Waals surface area contributed by atoms with Crippen molar-refractivity contribution in [2.75, 3.05) is 13.1 Å². The number of carbonyl (C=O) groups excluding carboxylic acids is 1. The maximum atomic E-state index is 12.9. The molecule has 1 aliphatic rings. The molecular formula is C18H24N4O2. The normalized spacial score (nSPS) is 18.2. The van der Waals surface area contributed by atoms with Gasteiger partial charge in [-0.25, -0.2) is 4.98 Å². The number of carbonyl (C=O) groups is 1. The van der Waals surface area contributed by atoms with Crippen molar-refractivity contribution >= 4 is 5.91 Å². The van der Waals surface area contributed by atoms with E-state index >= 15 is 0 Å². The van der Waals surface area contributed by atoms with Gasteiger partial charge in [0.05, 0.1) is 5.69 Å². The summed E-state index contributed by atoms with van der Waals surface area (Å²) in [5.74, 6) is 0.792. The van der Waals surface area contributed by atoms with E-state index < -0.39 is 0 Å². The van der Waals surface area contributed by atoms with Gasteiger partial charge in [-0.1, -0.05) is 0 Å². The fourth-order valence-electron chi connectivity index (χ4n) is 3.40. The summed E-state index contributed by atoms with van der Waals surface area (Å²) in [6, 6.07) is 5.59. The lowest BCUT2D eigenvalue weighted by Gasteiger charge is -2.33. The molecule has 1 aliphatic heterocycles. The Bertz CT molecular complexity index is 790. The van der Waals surface area contributed by atoms with E-state index in [0.717, 1.165) is 30.8 Å². The first-order valence-electron chi connectivity index (χ1n) is 8.49. The molecule has 1 saturated heterocycles. The lowest BCUT2D eigenvalue weighted by atomic mass is 9.94. The zero-order valence-corrected chi connectivity index (χ0v) is 14.5. The highest BCUT2D eigenvalue weighted by Crippen LogP contribution is 2.26. The summed E-state index contributed by atoms with van der Waals surface area (Å²) < 4.78 is 2.00. The van der Waals surface area contributed by atoms with Crippen LogP contribution in [0.25, 0.3) is 0 Å². The van der Waals surface area contributed by atoms with Gasteiger partial charge in [-0.2, -0.15) is 0 Å². The molecule has 1 atom stereocenters. The third-order valence-corrected chi connectivity index (χ3v) is 4.56. The second-order valence-corrected chi connectivity index (χ2v) is 6.74. The molecule has 0 radical (unpaired) electrons. The summed E-state index contributed by atoms with van der Waals surface area (Å²) in [7, 11) is 0. The first kappa shape index (κ1) is 16.5. The molecule has 24 heavy (non-hydrogen) atoms. The first-order chi connectivity index (χ1) is 11.5. The minimum absolute atomic E-state index is 0.0555. The number of aryl methyl sites for hydroxylation is 1. The number of rotatable bonds is 3. The fourth-order valence-corrected chi connectivity index (χ4v) is 3.40. The number of nitrogens with one attached hydrogen (secondary N) is 1. The minimum atomic E-state index is -0.130. The van der Waals surface area contributed by atoms with Crippen LogP contribution in [0.5, 0.6) is 0 Å². The predicted octanol–water partition coefficient (Wildman–Crippen LogP) is 2.48. The maximum absolute atomic E-state index is 12.9. The molecule has 6 nitrogen and oxygen atoms in total. The maximum Gasteiger partial charge on any atom is 0.270 e. The summed E-state index contributed by atoms with van der Waals surface area (Å²) in [4.78, 5) is 33.6. The Kier molecular flexibility index (Phi) is 4.55. The Morgan fingerprint density at radius 3 is 2.92 bits per heavy atom. The van der Waals surface area contributed by atoms with Gasteiger partial charge in [0.2, 0.25) is 0 Å². The second-order valence-electron chi connectivity index (χ2n) is 6.74. The molecule has 128 valence electrons. The highest BCUT2D eigenvalue weighted by molar-refractivity contribution is 5.93. The van der Waals surface area contributed by atoms with E-state index in [1.165, 1.54) is 0 Å². The van der Waals surface area contributed by atoms with Gasteiger partial charge in [0.15, 0.2) is 0 Å². The van der Waals surface area contributed by atoms with Gasteiger partial charge in [-0.15, -0.1) is 0 Å². The number of hydrogen-bond acceptors (Lipinski definition) is 3. The topological polar surface area (TPSA) is 71.0 Å². The smallest absolute Gasteiger partial charge is 0.270 e. The molecular weight excluding hydrogens is 304 g/mol. The SMILES string of the molecule is Cc1nc([C@H]2CCCN(C(=O)c3cccn3C(C)C)C2)cc(=O)[nH]1. The molecule has 1 N–H and O–H groups in total. The summed E-state index contributed by atoms with van der Waals surface area (Å²) in [5, 5.41) is 0. The number of amides is 1. The molecule has 2 aromatic heterocycles. The van der Waals surface area contributed by atoms with Crippen LogP contribution in [0.1, 0.15) is 60.7 Å². The highest BCUT2D eigenvalue weighted by Gasteiger charge is 2.28. The zero-order chi connectivity index (χ0) is 17.3. The summed E-state index contributed by atoms with van der Waals surface area (Å²) in [6.45, 7) is 7.28. The van der Waals surface area contributed by atoms with Gasteiger partial charge < -0.3 is 14.5 Å². The van der Waals surface area contributed by atoms with Crippen LogP contribution in [0.15, 0.2) is 29.2 Å². The molecule has 0 unspecified atom stereocenters. The molecule has 2 aromatic rings. The number of nitrogens with zero attached hydrogens (tertiary/aromatic N) is 3. The molecule has 0 aliphatic carbocycles. The monoisotopic (exact) mass is 328 g/mol. The molecule has 3 rings (SSSR count). The van der Waals surface area contributed by atoms with Crippen LogP contribution < -0.4 is 5.56 Å². The van der Waals surface area contributed by atoms with E-state index in [9.17, 15) is 9.59 Å². The van der Waals surface area contributed by atoms with Gasteiger partial charge >= 0.3 is 0 Å². The summed E-state index contributed by atoms with van der Waals surface area (Å²) in [6.07, 6.45) is 3.82. The fraction of sp³-hybridized carbons (Fsp3) is 0.500. The van der Waals surface area contributed by atoms with Gasteiger partial charge in [-0.05, 0) is 45.7 Å². The third kappa shape index (κ3) is 3.27. The van der Waals surface area contributed by atoms with Crippen LogP contribution in [0.3, 0.4) is 0 Å². The number of piperidine rings is 1. The van der Waals surface area contributed by atoms with E-state index in [1.54, 1.807) is 13.0 Å². The highest BCUT2D eigenvalue weighted by atomic mass is 16.2. The molecule has 6 heteroatoms. The van der Waals surface area contributed by atoms with E-state index in [0.29, 0.717) is 12.4 Å². The Labute approximate surface area is 141 Å². The van der Waals surface area contributed by atoms with E-state index in [1.807, 2.05) is 27.8 Å². The van der Waals surface area contributed by atoms with Crippen molar-refractivity contribution in [2.24, 2.45) is 0 Å². The molecule has 0 spiro atoms. The van der Waals surface area contributed by atoms with Crippen LogP contribution in [0.2, 0.25) is 0 Å². The number of aromatic amines is 1. The van der Waals surface area contributed by atoms with Crippen molar-refractivity contribution in [2.45, 2.75) is 45.6 Å². The summed E-state index contributed by atoms with van der Waals surface area (Å²) >= 11 is 0. The van der Waals surface area contributed by atoms with E-state index in [2.05, 4.69) is 23.8 Å². The molecule has 0 saturated carbocycles. The van der Waals surface area contributed by atoms with Crippen molar-refractivity contribution in [1.82, 2.24) is 19.4 Å². The number of likely N-dealkylation sites (tertiary alicyclic amines) is 1. The lowest BCUT2D eigenvalue weighted by Crippen LogP contribution is -2.40. The molecule has 1 fully saturated rings. The molecule has 3 heterocycles. The Morgan fingerprint density at radius 2 is 2.21 bits per heavy atom. The first-order valence-corrected chi connectivity index (χ1v) is 8.49. The Morgan fingerprint density at radius 1 is 1.42 bits per heavy atom. The average molecular weight is 328 g/mol. The van der Waals surface area contributed by atoms with Crippen LogP contribution in [-0.2, 0) is 0 Å². The van der Waals surface area contributed by atoms with Crippen molar-refractivity contribution in [1.29, 1.82) is 0 Å². The van der Waals surface area contributed by atoms with Gasteiger partial charge in [0.1, 0.15) is 11.5 Å². The standard InChI is InChI=1S/C18H24N4O2/c1-12(2)22-9-5-7-16(22)18(24)21-8-4-6-14(11-21)15-10-17(23)20-13(3)19-15/h5,7,9-10,12,14H,4,6,8,11H2,1-3H3,(H,19,20,23)/t14-/m0/s1. The van der Waals surface area contributed by atoms with Crippen molar-refractivity contribution in [3.8, 4) is 0 Å². The van der Waals surface area contributed by atoms with Crippen LogP contribution in [0.4, 0.5) is 0 Å². The molecule has 0 aromatic carbocycles. The van der Waals surface area contributed by atoms with Crippen molar-refractivity contribution in [3.63, 3.8) is 0 Å². The van der Waals surface area contributed by atoms with Gasteiger partial charge in [-0.3, -0.25) is 9.59 Å². The van der Waals surface area contributed by atoms with E-state index in [-0.39, 0.29) is 23.4 Å². The predicted molar refractivity (Wildman–Crippen MR) is 92.3 cm³/mol. The Hall–Kier alpha value is -2.37. The van der Waals surface area contributed by atoms with Crippen molar-refractivity contribution < 1.29 is 4.79 Å². The lowest BCUT2D eigenvalue weighted by molar-refractivity contribution is 0.0693. The quantitative estimate of drug-likeness (QED) is 0.941. The number of hydrogen-bond donors (Lipinski definition) is 1. The van der Waals surface area contributed by atoms with Crippen molar-refractivity contribution in [3.05, 3.63) is 52.0 Å². The Balaban J connectivity index is 1.81. The van der Waals surface area contributed by atoms with Crippen LogP contribution in [0, 0.1) is 6.92 Å². The number of aromatic nitrogens is 3. The van der Waals surface area contributed by atoms with Gasteiger partial charge in [0, 0.05) is 37.3 Å². The van der Waals surface area contributed by atoms with Crippen LogP contribution in [-0.4, -0.2) is 38.4 Å². The van der Waals surface area contributed by atoms with E-state index in [4.69, 9.17) is 0 Å². The zero-order valence-electron chi connectivity index (χ0n) is 14.5.